The van der Waals surface area contributed by atoms with Crippen LogP contribution < -0.4 is 16.0 Å². The van der Waals surface area contributed by atoms with E-state index in [2.05, 4.69) is 9.97 Å². The van der Waals surface area contributed by atoms with E-state index in [1.54, 1.807) is 68.4 Å². The summed E-state index contributed by atoms with van der Waals surface area (Å²) in [4.78, 5) is 61.4. The molecule has 0 aliphatic heterocycles. The molecule has 5 aromatic rings. The molecule has 3 aromatic heterocycles. The van der Waals surface area contributed by atoms with Crippen LogP contribution in [0.2, 0.25) is 0 Å². The monoisotopic (exact) mass is 554 g/mol. The van der Waals surface area contributed by atoms with Crippen LogP contribution in [0.15, 0.2) is 70.4 Å². The number of carbonyl (C=O) groups is 2. The molecule has 11 nitrogen and oxygen atoms in total. The van der Waals surface area contributed by atoms with Crippen LogP contribution in [0.1, 0.15) is 41.4 Å². The lowest BCUT2D eigenvalue weighted by atomic mass is 9.90. The number of rotatable bonds is 8. The van der Waals surface area contributed by atoms with Crippen molar-refractivity contribution in [2.45, 2.75) is 32.9 Å². The summed E-state index contributed by atoms with van der Waals surface area (Å²) in [5.74, 6) is -2.66. The zero-order valence-corrected chi connectivity index (χ0v) is 22.5. The van der Waals surface area contributed by atoms with Gasteiger partial charge in [0.15, 0.2) is 5.65 Å². The van der Waals surface area contributed by atoms with Crippen molar-refractivity contribution in [3.8, 4) is 16.9 Å². The topological polar surface area (TPSA) is 154 Å². The number of carboxylic acids is 2. The largest absolute Gasteiger partial charge is 0.496 e. The van der Waals surface area contributed by atoms with Crippen LogP contribution in [0.5, 0.6) is 5.75 Å². The first kappa shape index (κ1) is 27.3. The Balaban J connectivity index is 2.05. The lowest BCUT2D eigenvalue weighted by Gasteiger charge is -2.21. The van der Waals surface area contributed by atoms with E-state index in [4.69, 9.17) is 4.74 Å². The molecule has 208 valence electrons. The Morgan fingerprint density at radius 2 is 1.68 bits per heavy atom. The average Bonchev–Trinajstić information content (AvgIpc) is 2.96. The van der Waals surface area contributed by atoms with Crippen molar-refractivity contribution in [2.24, 2.45) is 0 Å². The van der Waals surface area contributed by atoms with Crippen LogP contribution in [-0.4, -0.2) is 48.4 Å². The molecule has 0 fully saturated rings. The Morgan fingerprint density at radius 1 is 0.976 bits per heavy atom. The summed E-state index contributed by atoms with van der Waals surface area (Å²) in [5, 5.41) is 20.5. The molecule has 5 rings (SSSR count). The van der Waals surface area contributed by atoms with Gasteiger partial charge in [-0.25, -0.2) is 19.1 Å². The van der Waals surface area contributed by atoms with Gasteiger partial charge in [0.05, 0.1) is 35.8 Å². The number of aliphatic carboxylic acids is 1. The van der Waals surface area contributed by atoms with Gasteiger partial charge in [-0.2, -0.15) is 0 Å². The minimum absolute atomic E-state index is 0.0442. The number of methoxy groups -OCH3 is 1. The second-order valence-electron chi connectivity index (χ2n) is 9.75. The highest BCUT2D eigenvalue weighted by atomic mass is 16.5. The number of para-hydroxylation sites is 2. The molecule has 11 heteroatoms. The van der Waals surface area contributed by atoms with E-state index < -0.39 is 35.7 Å². The molecular weight excluding hydrogens is 528 g/mol. The maximum Gasteiger partial charge on any atom is 0.338 e. The van der Waals surface area contributed by atoms with Crippen molar-refractivity contribution in [1.82, 2.24) is 19.1 Å². The van der Waals surface area contributed by atoms with Crippen LogP contribution in [0.4, 0.5) is 0 Å². The SMILES string of the molecule is COc1ccccc1Cn1c(=O)n(CC(=O)O)c(=O)c2c(-c3ccnc4ccccc34)c(C(=O)O)c(C(C)C)nc21. The van der Waals surface area contributed by atoms with Crippen molar-refractivity contribution in [1.29, 1.82) is 0 Å². The highest BCUT2D eigenvalue weighted by Gasteiger charge is 2.29. The molecule has 0 unspecified atom stereocenters. The van der Waals surface area contributed by atoms with Gasteiger partial charge in [0, 0.05) is 22.7 Å². The van der Waals surface area contributed by atoms with Gasteiger partial charge in [0.25, 0.3) is 5.56 Å². The fourth-order valence-electron chi connectivity index (χ4n) is 5.09. The van der Waals surface area contributed by atoms with Crippen molar-refractivity contribution >= 4 is 33.9 Å². The summed E-state index contributed by atoms with van der Waals surface area (Å²) >= 11 is 0. The number of aromatic nitrogens is 4. The maximum atomic E-state index is 14.0. The molecule has 0 radical (unpaired) electrons. The van der Waals surface area contributed by atoms with Gasteiger partial charge in [0.1, 0.15) is 12.3 Å². The van der Waals surface area contributed by atoms with Crippen LogP contribution in [0, 0.1) is 0 Å². The molecular formula is C30H26N4O7. The van der Waals surface area contributed by atoms with Gasteiger partial charge in [-0.05, 0) is 29.7 Å². The third-order valence-electron chi connectivity index (χ3n) is 6.88. The van der Waals surface area contributed by atoms with Gasteiger partial charge >= 0.3 is 17.6 Å². The molecule has 0 amide bonds. The quantitative estimate of drug-likeness (QED) is 0.292. The van der Waals surface area contributed by atoms with Crippen molar-refractivity contribution in [3.05, 3.63) is 98.5 Å². The van der Waals surface area contributed by atoms with Gasteiger partial charge < -0.3 is 14.9 Å². The van der Waals surface area contributed by atoms with E-state index in [9.17, 15) is 29.4 Å². The number of fused-ring (bicyclic) bond motifs is 2. The van der Waals surface area contributed by atoms with Crippen LogP contribution >= 0.6 is 0 Å². The second-order valence-corrected chi connectivity index (χ2v) is 9.75. The fraction of sp³-hybridized carbons (Fsp3) is 0.200. The number of carboxylic acid groups (broad SMARTS) is 2. The molecule has 3 heterocycles. The van der Waals surface area contributed by atoms with Gasteiger partial charge in [0.2, 0.25) is 0 Å². The number of pyridine rings is 2. The van der Waals surface area contributed by atoms with E-state index in [0.717, 1.165) is 0 Å². The first-order chi connectivity index (χ1) is 19.6. The highest BCUT2D eigenvalue weighted by Crippen LogP contribution is 2.37. The summed E-state index contributed by atoms with van der Waals surface area (Å²) in [6.45, 7) is 2.49. The van der Waals surface area contributed by atoms with Crippen molar-refractivity contribution < 1.29 is 24.5 Å². The fourth-order valence-corrected chi connectivity index (χ4v) is 5.09. The predicted molar refractivity (Wildman–Crippen MR) is 152 cm³/mol. The normalized spacial score (nSPS) is 11.3. The molecule has 0 atom stereocenters. The average molecular weight is 555 g/mol. The number of nitrogens with zero attached hydrogens (tertiary/aromatic N) is 4. The lowest BCUT2D eigenvalue weighted by Crippen LogP contribution is -2.42. The molecule has 0 saturated carbocycles. The molecule has 0 saturated heterocycles. The van der Waals surface area contributed by atoms with Crippen LogP contribution in [0.3, 0.4) is 0 Å². The molecule has 0 spiro atoms. The van der Waals surface area contributed by atoms with Crippen LogP contribution in [-0.2, 0) is 17.9 Å². The molecule has 0 bridgehead atoms. The number of hydrogen-bond acceptors (Lipinski definition) is 7. The van der Waals surface area contributed by atoms with E-state index in [1.807, 2.05) is 0 Å². The van der Waals surface area contributed by atoms with E-state index >= 15 is 0 Å². The van der Waals surface area contributed by atoms with Crippen LogP contribution in [0.25, 0.3) is 33.1 Å². The van der Waals surface area contributed by atoms with Crippen molar-refractivity contribution in [3.63, 3.8) is 0 Å². The minimum atomic E-state index is -1.41. The number of benzene rings is 2. The Bertz CT molecular complexity index is 1970. The zero-order valence-electron chi connectivity index (χ0n) is 22.5. The van der Waals surface area contributed by atoms with Gasteiger partial charge in [-0.3, -0.25) is 19.1 Å². The zero-order chi connectivity index (χ0) is 29.4. The van der Waals surface area contributed by atoms with Crippen molar-refractivity contribution in [2.75, 3.05) is 7.11 Å². The molecule has 2 N–H and O–H groups in total. The number of aromatic carboxylic acids is 1. The third kappa shape index (κ3) is 4.71. The van der Waals surface area contributed by atoms with E-state index in [1.165, 1.54) is 17.9 Å². The summed E-state index contributed by atoms with van der Waals surface area (Å²) in [6.07, 6.45) is 1.51. The summed E-state index contributed by atoms with van der Waals surface area (Å²) in [6, 6.07) is 15.6. The number of ether oxygens (including phenoxy) is 1. The Labute approximate surface area is 232 Å². The first-order valence-corrected chi connectivity index (χ1v) is 12.8. The van der Waals surface area contributed by atoms with E-state index in [0.29, 0.717) is 32.3 Å². The first-order valence-electron chi connectivity index (χ1n) is 12.8. The summed E-state index contributed by atoms with van der Waals surface area (Å²) in [5.41, 5.74) is -0.370. The highest BCUT2D eigenvalue weighted by molar-refractivity contribution is 6.11. The minimum Gasteiger partial charge on any atom is -0.496 e. The Morgan fingerprint density at radius 3 is 2.37 bits per heavy atom. The predicted octanol–water partition coefficient (Wildman–Crippen LogP) is 3.74. The molecule has 2 aromatic carbocycles. The van der Waals surface area contributed by atoms with Gasteiger partial charge in [-0.15, -0.1) is 0 Å². The molecule has 0 aliphatic carbocycles. The summed E-state index contributed by atoms with van der Waals surface area (Å²) in [7, 11) is 1.48. The Hall–Kier alpha value is -5.32. The second kappa shape index (κ2) is 10.7. The van der Waals surface area contributed by atoms with E-state index in [-0.39, 0.29) is 34.4 Å². The molecule has 41 heavy (non-hydrogen) atoms. The smallest absolute Gasteiger partial charge is 0.338 e. The lowest BCUT2D eigenvalue weighted by molar-refractivity contribution is -0.137. The summed E-state index contributed by atoms with van der Waals surface area (Å²) < 4.78 is 7.25. The maximum absolute atomic E-state index is 14.0. The number of hydrogen-bond donors (Lipinski definition) is 2. The third-order valence-corrected chi connectivity index (χ3v) is 6.88. The molecule has 0 aliphatic rings. The Kier molecular flexibility index (Phi) is 7.10. The standard InChI is InChI=1S/C30H26N4O7/c1-16(2)26-24(29(38)39)23(19-12-13-31-20-10-6-5-9-18(19)20)25-27(32-26)33(14-17-8-4-7-11-21(17)41-3)30(40)34(28(25)37)15-22(35)36/h4-13,16H,14-15H2,1-3H3,(H,35,36)(H,38,39). The van der Waals surface area contributed by atoms with Gasteiger partial charge in [-0.1, -0.05) is 50.2 Å².